The fourth-order valence-electron chi connectivity index (χ4n) is 2.69. The van der Waals surface area contributed by atoms with Crippen molar-refractivity contribution < 1.29 is 4.79 Å². The number of hydrogen-bond donors (Lipinski definition) is 0. The van der Waals surface area contributed by atoms with Crippen molar-refractivity contribution in [1.82, 2.24) is 0 Å². The van der Waals surface area contributed by atoms with Gasteiger partial charge in [-0.1, -0.05) is 36.4 Å². The zero-order valence-electron chi connectivity index (χ0n) is 13.6. The average molecular weight is 312 g/mol. The fourth-order valence-corrected chi connectivity index (χ4v) is 4.14. The molecule has 0 N–H and O–H groups in total. The highest BCUT2D eigenvalue weighted by Crippen LogP contribution is 2.30. The van der Waals surface area contributed by atoms with E-state index in [0.29, 0.717) is 11.7 Å². The second-order valence-electron chi connectivity index (χ2n) is 5.99. The van der Waals surface area contributed by atoms with Gasteiger partial charge in [-0.3, -0.25) is 4.79 Å². The maximum atomic E-state index is 11.6. The minimum absolute atomic E-state index is 0.273. The van der Waals surface area contributed by atoms with E-state index in [1.165, 1.54) is 21.6 Å². The predicted octanol–water partition coefficient (Wildman–Crippen LogP) is 5.38. The van der Waals surface area contributed by atoms with E-state index in [-0.39, 0.29) is 5.78 Å². The summed E-state index contributed by atoms with van der Waals surface area (Å²) >= 11 is 1.84. The lowest BCUT2D eigenvalue weighted by molar-refractivity contribution is -0.117. The van der Waals surface area contributed by atoms with Gasteiger partial charge in [-0.15, -0.1) is 11.8 Å². The Morgan fingerprint density at radius 1 is 1.05 bits per heavy atom. The zero-order valence-corrected chi connectivity index (χ0v) is 14.5. The van der Waals surface area contributed by atoms with Crippen molar-refractivity contribution in [2.75, 3.05) is 0 Å². The highest BCUT2D eigenvalue weighted by Gasteiger charge is 2.14. The smallest absolute Gasteiger partial charge is 0.130 e. The Bertz CT molecular complexity index is 599. The summed E-state index contributed by atoms with van der Waals surface area (Å²) in [6, 6.07) is 17.1. The highest BCUT2D eigenvalue weighted by atomic mass is 32.2. The molecule has 22 heavy (non-hydrogen) atoms. The Morgan fingerprint density at radius 2 is 1.68 bits per heavy atom. The molecule has 0 aliphatic heterocycles. The molecule has 0 heterocycles. The van der Waals surface area contributed by atoms with Crippen molar-refractivity contribution in [3.63, 3.8) is 0 Å². The molecular formula is C20H24OS. The van der Waals surface area contributed by atoms with E-state index in [1.54, 1.807) is 6.92 Å². The average Bonchev–Trinajstić information content (AvgIpc) is 2.44. The van der Waals surface area contributed by atoms with Gasteiger partial charge in [-0.2, -0.15) is 0 Å². The molecule has 1 nitrogen and oxygen atoms in total. The Labute approximate surface area is 138 Å². The number of ketones is 1. The molecule has 1 atom stereocenters. The summed E-state index contributed by atoms with van der Waals surface area (Å²) in [6.45, 7) is 5.94. The number of carbonyl (C=O) groups is 1. The van der Waals surface area contributed by atoms with Crippen molar-refractivity contribution in [2.45, 2.75) is 50.2 Å². The Kier molecular flexibility index (Phi) is 6.26. The molecule has 0 aromatic heterocycles. The van der Waals surface area contributed by atoms with Gasteiger partial charge in [0.15, 0.2) is 0 Å². The van der Waals surface area contributed by atoms with Crippen LogP contribution in [0.15, 0.2) is 53.4 Å². The van der Waals surface area contributed by atoms with Crippen molar-refractivity contribution >= 4 is 17.5 Å². The van der Waals surface area contributed by atoms with Crippen LogP contribution in [-0.2, 0) is 11.2 Å². The van der Waals surface area contributed by atoms with Gasteiger partial charge in [0.05, 0.1) is 0 Å². The lowest BCUT2D eigenvalue weighted by Crippen LogP contribution is -2.09. The summed E-state index contributed by atoms with van der Waals surface area (Å²) in [4.78, 5) is 12.9. The minimum Gasteiger partial charge on any atom is -0.300 e. The first-order valence-electron chi connectivity index (χ1n) is 7.81. The quantitative estimate of drug-likeness (QED) is 0.639. The fraction of sp³-hybridized carbons (Fsp3) is 0.350. The van der Waals surface area contributed by atoms with Crippen LogP contribution in [0.2, 0.25) is 0 Å². The lowest BCUT2D eigenvalue weighted by Gasteiger charge is -2.16. The molecule has 0 aliphatic rings. The van der Waals surface area contributed by atoms with Crippen molar-refractivity contribution in [3.8, 4) is 0 Å². The van der Waals surface area contributed by atoms with Crippen LogP contribution in [0.3, 0.4) is 0 Å². The summed E-state index contributed by atoms with van der Waals surface area (Å²) in [7, 11) is 0. The van der Waals surface area contributed by atoms with Crippen LogP contribution in [0, 0.1) is 13.8 Å². The molecule has 0 bridgehead atoms. The Morgan fingerprint density at radius 3 is 2.27 bits per heavy atom. The Balaban J connectivity index is 2.03. The minimum atomic E-state index is 0.273. The number of rotatable bonds is 7. The number of aryl methyl sites for hydroxylation is 3. The van der Waals surface area contributed by atoms with Crippen LogP contribution in [-0.4, -0.2) is 11.0 Å². The topological polar surface area (TPSA) is 17.1 Å². The summed E-state index contributed by atoms with van der Waals surface area (Å²) in [5, 5.41) is 0.346. The van der Waals surface area contributed by atoms with E-state index < -0.39 is 0 Å². The summed E-state index contributed by atoms with van der Waals surface area (Å²) in [5.74, 6) is 0.273. The number of thioether (sulfide) groups is 1. The molecule has 2 rings (SSSR count). The number of benzene rings is 2. The molecular weight excluding hydrogens is 288 g/mol. The molecule has 0 radical (unpaired) electrons. The molecule has 0 aliphatic carbocycles. The van der Waals surface area contributed by atoms with Crippen LogP contribution >= 0.6 is 11.8 Å². The van der Waals surface area contributed by atoms with E-state index in [9.17, 15) is 4.79 Å². The molecule has 0 amide bonds. The van der Waals surface area contributed by atoms with Crippen molar-refractivity contribution in [1.29, 1.82) is 0 Å². The van der Waals surface area contributed by atoms with Gasteiger partial charge in [0, 0.05) is 16.6 Å². The first-order valence-corrected chi connectivity index (χ1v) is 8.69. The van der Waals surface area contributed by atoms with Gasteiger partial charge in [-0.05, 0) is 62.4 Å². The number of Topliss-reactive ketones (excluding diaryl/α,β-unsaturated/α-hetero) is 1. The molecule has 2 aromatic rings. The summed E-state index contributed by atoms with van der Waals surface area (Å²) < 4.78 is 0. The molecule has 0 saturated carbocycles. The van der Waals surface area contributed by atoms with Crippen LogP contribution in [0.1, 0.15) is 36.5 Å². The zero-order chi connectivity index (χ0) is 15.9. The normalized spacial score (nSPS) is 12.1. The summed E-state index contributed by atoms with van der Waals surface area (Å²) in [6.07, 6.45) is 2.70. The second-order valence-corrected chi connectivity index (χ2v) is 7.37. The van der Waals surface area contributed by atoms with Gasteiger partial charge in [0.1, 0.15) is 5.78 Å². The van der Waals surface area contributed by atoms with Gasteiger partial charge in [0.25, 0.3) is 0 Å². The molecule has 2 aromatic carbocycles. The largest absolute Gasteiger partial charge is 0.300 e. The predicted molar refractivity (Wildman–Crippen MR) is 95.6 cm³/mol. The van der Waals surface area contributed by atoms with E-state index in [1.807, 2.05) is 17.8 Å². The van der Waals surface area contributed by atoms with Crippen LogP contribution in [0.4, 0.5) is 0 Å². The van der Waals surface area contributed by atoms with E-state index in [4.69, 9.17) is 0 Å². The third-order valence-corrected chi connectivity index (χ3v) is 4.85. The van der Waals surface area contributed by atoms with Gasteiger partial charge >= 0.3 is 0 Å². The van der Waals surface area contributed by atoms with Crippen molar-refractivity contribution in [2.24, 2.45) is 0 Å². The van der Waals surface area contributed by atoms with Crippen LogP contribution in [0.5, 0.6) is 0 Å². The maximum Gasteiger partial charge on any atom is 0.130 e. The first-order chi connectivity index (χ1) is 10.5. The molecule has 0 fully saturated rings. The molecule has 2 heteroatoms. The van der Waals surface area contributed by atoms with Gasteiger partial charge in [0.2, 0.25) is 0 Å². The molecule has 0 spiro atoms. The van der Waals surface area contributed by atoms with Crippen LogP contribution < -0.4 is 0 Å². The van der Waals surface area contributed by atoms with Crippen molar-refractivity contribution in [3.05, 3.63) is 65.2 Å². The number of hydrogen-bond acceptors (Lipinski definition) is 2. The summed E-state index contributed by atoms with van der Waals surface area (Å²) in [5.41, 5.74) is 3.91. The Hall–Kier alpha value is -1.54. The third kappa shape index (κ3) is 5.69. The van der Waals surface area contributed by atoms with E-state index in [2.05, 4.69) is 56.3 Å². The van der Waals surface area contributed by atoms with Gasteiger partial charge < -0.3 is 0 Å². The molecule has 0 saturated heterocycles. The standard InChI is InChI=1S/C20H24OS/c1-15-11-16(2)13-20(12-15)22-19(14-17(3)21)10-9-18-7-5-4-6-8-18/h4-8,11-13,19H,9-10,14H2,1-3H3/t19-/m0/s1. The van der Waals surface area contributed by atoms with Gasteiger partial charge in [-0.25, -0.2) is 0 Å². The van der Waals surface area contributed by atoms with E-state index in [0.717, 1.165) is 12.8 Å². The lowest BCUT2D eigenvalue weighted by atomic mass is 10.1. The number of carbonyl (C=O) groups excluding carboxylic acids is 1. The van der Waals surface area contributed by atoms with Crippen LogP contribution in [0.25, 0.3) is 0 Å². The molecule has 0 unspecified atom stereocenters. The first kappa shape index (κ1) is 16.8. The molecule has 116 valence electrons. The SMILES string of the molecule is CC(=O)C[C@H](CCc1ccccc1)Sc1cc(C)cc(C)c1. The monoisotopic (exact) mass is 312 g/mol. The third-order valence-electron chi connectivity index (χ3n) is 3.61. The van der Waals surface area contributed by atoms with E-state index >= 15 is 0 Å². The second kappa shape index (κ2) is 8.19. The highest BCUT2D eigenvalue weighted by molar-refractivity contribution is 8.00. The maximum absolute atomic E-state index is 11.6.